The summed E-state index contributed by atoms with van der Waals surface area (Å²) in [6.07, 6.45) is 5.29. The SMILES string of the molecule is CCOc1ccc(CCN2C(=O)c3ccccc3C2C(=O)NCCCN2C(C)CCCC2C)cc1OCC. The maximum atomic E-state index is 13.5. The van der Waals surface area contributed by atoms with Gasteiger partial charge >= 0.3 is 0 Å². The number of fused-ring (bicyclic) bond motifs is 1. The molecule has 1 saturated heterocycles. The maximum Gasteiger partial charge on any atom is 0.255 e. The van der Waals surface area contributed by atoms with Crippen LogP contribution >= 0.6 is 0 Å². The van der Waals surface area contributed by atoms with Gasteiger partial charge in [-0.05, 0) is 82.7 Å². The van der Waals surface area contributed by atoms with Crippen LogP contribution in [-0.2, 0) is 11.2 Å². The highest BCUT2D eigenvalue weighted by atomic mass is 16.5. The van der Waals surface area contributed by atoms with Crippen LogP contribution in [0.5, 0.6) is 11.5 Å². The number of nitrogens with one attached hydrogen (secondary N) is 1. The van der Waals surface area contributed by atoms with Crippen LogP contribution in [0.4, 0.5) is 0 Å². The van der Waals surface area contributed by atoms with Gasteiger partial charge in [-0.2, -0.15) is 0 Å². The van der Waals surface area contributed by atoms with Crippen molar-refractivity contribution in [3.05, 3.63) is 59.2 Å². The summed E-state index contributed by atoms with van der Waals surface area (Å²) in [6.45, 7) is 11.6. The molecule has 3 unspecified atom stereocenters. The Balaban J connectivity index is 1.41. The molecule has 0 aliphatic carbocycles. The van der Waals surface area contributed by atoms with Crippen molar-refractivity contribution in [1.82, 2.24) is 15.1 Å². The second kappa shape index (κ2) is 13.1. The van der Waals surface area contributed by atoms with Gasteiger partial charge in [0.25, 0.3) is 5.91 Å². The number of hydrogen-bond acceptors (Lipinski definition) is 5. The average molecular weight is 522 g/mol. The Morgan fingerprint density at radius 1 is 0.974 bits per heavy atom. The molecule has 7 heteroatoms. The minimum atomic E-state index is -0.611. The topological polar surface area (TPSA) is 71.1 Å². The van der Waals surface area contributed by atoms with Crippen LogP contribution in [0.2, 0.25) is 0 Å². The molecule has 0 radical (unpaired) electrons. The number of carbonyl (C=O) groups excluding carboxylic acids is 2. The lowest BCUT2D eigenvalue weighted by Gasteiger charge is -2.39. The van der Waals surface area contributed by atoms with Crippen molar-refractivity contribution in [2.45, 2.75) is 77.9 Å². The molecule has 1 fully saturated rings. The summed E-state index contributed by atoms with van der Waals surface area (Å²) in [5, 5.41) is 3.13. The number of rotatable bonds is 12. The molecule has 0 spiro atoms. The first kappa shape index (κ1) is 28.0. The first-order valence-corrected chi connectivity index (χ1v) is 14.3. The number of piperidine rings is 1. The predicted octanol–water partition coefficient (Wildman–Crippen LogP) is 4.99. The number of likely N-dealkylation sites (tertiary alicyclic amines) is 1. The maximum absolute atomic E-state index is 13.5. The zero-order valence-corrected chi connectivity index (χ0v) is 23.4. The van der Waals surface area contributed by atoms with Crippen molar-refractivity contribution in [2.24, 2.45) is 0 Å². The van der Waals surface area contributed by atoms with Crippen LogP contribution in [-0.4, -0.2) is 66.5 Å². The van der Waals surface area contributed by atoms with Crippen molar-refractivity contribution < 1.29 is 19.1 Å². The zero-order valence-electron chi connectivity index (χ0n) is 23.4. The number of amides is 2. The highest BCUT2D eigenvalue weighted by Crippen LogP contribution is 2.35. The average Bonchev–Trinajstić information content (AvgIpc) is 3.19. The third-order valence-corrected chi connectivity index (χ3v) is 7.82. The highest BCUT2D eigenvalue weighted by Gasteiger charge is 2.40. The van der Waals surface area contributed by atoms with Crippen molar-refractivity contribution >= 4 is 11.8 Å². The molecular weight excluding hydrogens is 478 g/mol. The number of ether oxygens (including phenoxy) is 2. The molecule has 2 amide bonds. The molecule has 2 aromatic rings. The van der Waals surface area contributed by atoms with Gasteiger partial charge in [0.2, 0.25) is 5.91 Å². The lowest BCUT2D eigenvalue weighted by Crippen LogP contribution is -2.45. The van der Waals surface area contributed by atoms with E-state index in [2.05, 4.69) is 24.1 Å². The number of hydrogen-bond donors (Lipinski definition) is 1. The summed E-state index contributed by atoms with van der Waals surface area (Å²) in [4.78, 5) is 31.1. The standard InChI is InChI=1S/C31H43N3O4/c1-5-37-27-16-15-24(21-28(27)38-6-2)17-20-34-29(25-13-7-8-14-26(25)31(34)36)30(35)32-18-10-19-33-22(3)11-9-12-23(33)4/h7-8,13-16,21-23,29H,5-6,9-12,17-20H2,1-4H3,(H,32,35). The summed E-state index contributed by atoms with van der Waals surface area (Å²) in [6, 6.07) is 13.9. The van der Waals surface area contributed by atoms with Gasteiger partial charge in [-0.1, -0.05) is 30.7 Å². The second-order valence-corrected chi connectivity index (χ2v) is 10.4. The summed E-state index contributed by atoms with van der Waals surface area (Å²) in [5.41, 5.74) is 2.44. The largest absolute Gasteiger partial charge is 0.490 e. The molecule has 206 valence electrons. The molecule has 3 atom stereocenters. The molecule has 2 aliphatic heterocycles. The van der Waals surface area contributed by atoms with Crippen LogP contribution in [0.25, 0.3) is 0 Å². The van der Waals surface area contributed by atoms with E-state index in [1.165, 1.54) is 19.3 Å². The molecule has 2 heterocycles. The van der Waals surface area contributed by atoms with E-state index in [0.29, 0.717) is 61.9 Å². The molecule has 1 N–H and O–H groups in total. The Morgan fingerprint density at radius 3 is 2.42 bits per heavy atom. The fraction of sp³-hybridized carbons (Fsp3) is 0.548. The third-order valence-electron chi connectivity index (χ3n) is 7.82. The molecule has 2 aliphatic rings. The Hall–Kier alpha value is -3.06. The van der Waals surface area contributed by atoms with Crippen LogP contribution in [0.1, 0.15) is 80.9 Å². The molecular formula is C31H43N3O4. The smallest absolute Gasteiger partial charge is 0.255 e. The van der Waals surface area contributed by atoms with Crippen LogP contribution in [0, 0.1) is 0 Å². The van der Waals surface area contributed by atoms with Crippen LogP contribution in [0.15, 0.2) is 42.5 Å². The van der Waals surface area contributed by atoms with E-state index < -0.39 is 6.04 Å². The first-order valence-electron chi connectivity index (χ1n) is 14.3. The quantitative estimate of drug-likeness (QED) is 0.399. The lowest BCUT2D eigenvalue weighted by molar-refractivity contribution is -0.125. The van der Waals surface area contributed by atoms with Gasteiger partial charge in [0.15, 0.2) is 11.5 Å². The van der Waals surface area contributed by atoms with Crippen molar-refractivity contribution in [1.29, 1.82) is 0 Å². The summed E-state index contributed by atoms with van der Waals surface area (Å²) in [5.74, 6) is 1.22. The normalized spacial score (nSPS) is 21.3. The number of benzene rings is 2. The number of nitrogens with zero attached hydrogens (tertiary/aromatic N) is 2. The first-order chi connectivity index (χ1) is 18.4. The molecule has 0 saturated carbocycles. The third kappa shape index (κ3) is 6.32. The van der Waals surface area contributed by atoms with Gasteiger partial charge in [-0.3, -0.25) is 14.5 Å². The molecule has 0 bridgehead atoms. The molecule has 4 rings (SSSR count). The minimum absolute atomic E-state index is 0.0901. The Morgan fingerprint density at radius 2 is 1.68 bits per heavy atom. The zero-order chi connectivity index (χ0) is 27.1. The van der Waals surface area contributed by atoms with E-state index in [9.17, 15) is 9.59 Å². The van der Waals surface area contributed by atoms with E-state index in [-0.39, 0.29) is 11.8 Å². The summed E-state index contributed by atoms with van der Waals surface area (Å²) >= 11 is 0. The monoisotopic (exact) mass is 521 g/mol. The van der Waals surface area contributed by atoms with Crippen molar-refractivity contribution in [2.75, 3.05) is 32.8 Å². The van der Waals surface area contributed by atoms with Crippen LogP contribution in [0.3, 0.4) is 0 Å². The van der Waals surface area contributed by atoms with E-state index >= 15 is 0 Å². The highest BCUT2D eigenvalue weighted by molar-refractivity contribution is 6.04. The summed E-state index contributed by atoms with van der Waals surface area (Å²) < 4.78 is 11.5. The minimum Gasteiger partial charge on any atom is -0.490 e. The van der Waals surface area contributed by atoms with Gasteiger partial charge in [0.1, 0.15) is 6.04 Å². The van der Waals surface area contributed by atoms with Gasteiger partial charge in [0, 0.05) is 37.3 Å². The van der Waals surface area contributed by atoms with Gasteiger partial charge in [-0.15, -0.1) is 0 Å². The fourth-order valence-electron chi connectivity index (χ4n) is 5.87. The second-order valence-electron chi connectivity index (χ2n) is 10.4. The van der Waals surface area contributed by atoms with E-state index in [4.69, 9.17) is 9.47 Å². The molecule has 7 nitrogen and oxygen atoms in total. The fourth-order valence-corrected chi connectivity index (χ4v) is 5.87. The van der Waals surface area contributed by atoms with E-state index in [0.717, 1.165) is 24.1 Å². The molecule has 38 heavy (non-hydrogen) atoms. The van der Waals surface area contributed by atoms with Crippen molar-refractivity contribution in [3.8, 4) is 11.5 Å². The summed E-state index contributed by atoms with van der Waals surface area (Å²) in [7, 11) is 0. The van der Waals surface area contributed by atoms with Crippen LogP contribution < -0.4 is 14.8 Å². The van der Waals surface area contributed by atoms with Gasteiger partial charge in [0.05, 0.1) is 13.2 Å². The Kier molecular flexibility index (Phi) is 9.67. The Labute approximate surface area is 227 Å². The van der Waals surface area contributed by atoms with E-state index in [1.807, 2.05) is 56.3 Å². The lowest BCUT2D eigenvalue weighted by atomic mass is 9.97. The van der Waals surface area contributed by atoms with Gasteiger partial charge in [-0.25, -0.2) is 0 Å². The van der Waals surface area contributed by atoms with Crippen molar-refractivity contribution in [3.63, 3.8) is 0 Å². The van der Waals surface area contributed by atoms with Gasteiger partial charge < -0.3 is 19.7 Å². The predicted molar refractivity (Wildman–Crippen MR) is 150 cm³/mol. The molecule has 0 aromatic heterocycles. The van der Waals surface area contributed by atoms with E-state index in [1.54, 1.807) is 4.90 Å². The Bertz CT molecular complexity index is 1090. The molecule has 2 aromatic carbocycles. The number of carbonyl (C=O) groups is 2.